The molecule has 7 heteroatoms. The number of nitrogens with one attached hydrogen (secondary N) is 1. The van der Waals surface area contributed by atoms with Crippen molar-refractivity contribution in [3.63, 3.8) is 0 Å². The van der Waals surface area contributed by atoms with E-state index in [1.54, 1.807) is 16.8 Å². The molecule has 1 aliphatic carbocycles. The van der Waals surface area contributed by atoms with Gasteiger partial charge in [-0.05, 0) is 37.5 Å². The topological polar surface area (TPSA) is 95.6 Å². The van der Waals surface area contributed by atoms with Gasteiger partial charge in [0.05, 0.1) is 17.8 Å². The van der Waals surface area contributed by atoms with Crippen molar-refractivity contribution in [1.29, 1.82) is 0 Å². The van der Waals surface area contributed by atoms with Crippen LogP contribution in [-0.2, 0) is 5.41 Å². The van der Waals surface area contributed by atoms with E-state index in [0.717, 1.165) is 17.1 Å². The first-order valence-electron chi connectivity index (χ1n) is 9.52. The number of pyridine rings is 1. The van der Waals surface area contributed by atoms with Gasteiger partial charge in [0.2, 0.25) is 0 Å². The van der Waals surface area contributed by atoms with Gasteiger partial charge in [-0.15, -0.1) is 0 Å². The fourth-order valence-corrected chi connectivity index (χ4v) is 3.58. The van der Waals surface area contributed by atoms with Crippen molar-refractivity contribution in [1.82, 2.24) is 19.6 Å². The van der Waals surface area contributed by atoms with Crippen molar-refractivity contribution < 1.29 is 10.2 Å². The molecule has 1 radical (unpaired) electrons. The summed E-state index contributed by atoms with van der Waals surface area (Å²) in [5.74, 6) is 0.496. The normalized spacial score (nSPS) is 25.4. The van der Waals surface area contributed by atoms with Crippen molar-refractivity contribution in [3.8, 4) is 11.4 Å². The molecule has 4 atom stereocenters. The first-order valence-corrected chi connectivity index (χ1v) is 9.52. The number of aromatic nitrogens is 4. The molecule has 0 aliphatic heterocycles. The summed E-state index contributed by atoms with van der Waals surface area (Å²) in [6.07, 6.45) is 0.579. The smallest absolute Gasteiger partial charge is 0.157 e. The van der Waals surface area contributed by atoms with Gasteiger partial charge in [0.15, 0.2) is 5.65 Å². The van der Waals surface area contributed by atoms with Gasteiger partial charge in [-0.1, -0.05) is 26.8 Å². The Morgan fingerprint density at radius 1 is 1.14 bits per heavy atom. The highest BCUT2D eigenvalue weighted by Gasteiger charge is 2.39. The van der Waals surface area contributed by atoms with Gasteiger partial charge in [-0.3, -0.25) is 4.98 Å². The summed E-state index contributed by atoms with van der Waals surface area (Å²) in [7, 11) is 0. The zero-order chi connectivity index (χ0) is 20.1. The van der Waals surface area contributed by atoms with Crippen LogP contribution in [0.4, 0.5) is 5.82 Å². The average molecular weight is 380 g/mol. The summed E-state index contributed by atoms with van der Waals surface area (Å²) in [5.41, 5.74) is 3.15. The summed E-state index contributed by atoms with van der Waals surface area (Å²) in [4.78, 5) is 9.16. The third kappa shape index (κ3) is 3.36. The van der Waals surface area contributed by atoms with Gasteiger partial charge in [-0.2, -0.15) is 9.61 Å². The molecule has 3 aromatic heterocycles. The molecule has 1 aliphatic rings. The van der Waals surface area contributed by atoms with E-state index >= 15 is 0 Å². The zero-order valence-electron chi connectivity index (χ0n) is 16.4. The Balaban J connectivity index is 1.68. The maximum Gasteiger partial charge on any atom is 0.157 e. The second-order valence-electron chi connectivity index (χ2n) is 8.52. The van der Waals surface area contributed by atoms with Crippen molar-refractivity contribution in [3.05, 3.63) is 49.1 Å². The van der Waals surface area contributed by atoms with Crippen LogP contribution in [0.5, 0.6) is 0 Å². The minimum Gasteiger partial charge on any atom is -0.390 e. The summed E-state index contributed by atoms with van der Waals surface area (Å²) in [5, 5.41) is 28.2. The zero-order valence-corrected chi connectivity index (χ0v) is 16.4. The Morgan fingerprint density at radius 2 is 1.93 bits per heavy atom. The molecule has 0 aromatic carbocycles. The fourth-order valence-electron chi connectivity index (χ4n) is 3.58. The van der Waals surface area contributed by atoms with Crippen LogP contribution in [0.1, 0.15) is 32.9 Å². The second-order valence-corrected chi connectivity index (χ2v) is 8.52. The Labute approximate surface area is 164 Å². The first kappa shape index (κ1) is 18.8. The van der Waals surface area contributed by atoms with E-state index in [2.05, 4.69) is 43.1 Å². The first-order chi connectivity index (χ1) is 13.2. The van der Waals surface area contributed by atoms with Gasteiger partial charge in [0, 0.05) is 23.4 Å². The Kier molecular flexibility index (Phi) is 4.59. The monoisotopic (exact) mass is 380 g/mol. The van der Waals surface area contributed by atoms with E-state index in [0.29, 0.717) is 17.9 Å². The lowest BCUT2D eigenvalue weighted by molar-refractivity contribution is 0.0256. The minimum absolute atomic E-state index is 0.0513. The van der Waals surface area contributed by atoms with Crippen LogP contribution in [0.15, 0.2) is 36.5 Å². The molecule has 3 aromatic rings. The molecule has 1 fully saturated rings. The molecule has 1 saturated carbocycles. The Bertz CT molecular complexity index is 994. The summed E-state index contributed by atoms with van der Waals surface area (Å²) in [6.45, 7) is 10.3. The van der Waals surface area contributed by atoms with Crippen LogP contribution in [0, 0.1) is 12.8 Å². The van der Waals surface area contributed by atoms with E-state index in [-0.39, 0.29) is 17.4 Å². The molecule has 28 heavy (non-hydrogen) atoms. The number of fused-ring (bicyclic) bond motifs is 1. The predicted molar refractivity (Wildman–Crippen MR) is 108 cm³/mol. The van der Waals surface area contributed by atoms with E-state index < -0.39 is 12.2 Å². The standard InChI is InChI=1S/C21H26N5O2/c1-12-10-15(20(28)19(12)27)24-17-8-9-22-18-11-14(25-26(17)18)13-6-5-7-16(23-13)21(2,3)4/h5-9,11-12,15,19-20,24,27-28H,1,10H2,2-4H3/t12-,15-,19-,20+/m1/s1. The largest absolute Gasteiger partial charge is 0.390 e. The molecule has 0 saturated heterocycles. The van der Waals surface area contributed by atoms with Crippen LogP contribution < -0.4 is 5.32 Å². The molecule has 3 heterocycles. The number of aliphatic hydroxyl groups excluding tert-OH is 2. The third-order valence-corrected chi connectivity index (χ3v) is 5.27. The summed E-state index contributed by atoms with van der Waals surface area (Å²) >= 11 is 0. The van der Waals surface area contributed by atoms with Gasteiger partial charge in [-0.25, -0.2) is 4.98 Å². The van der Waals surface area contributed by atoms with E-state index in [1.165, 1.54) is 0 Å². The van der Waals surface area contributed by atoms with Crippen molar-refractivity contribution in [2.45, 2.75) is 50.9 Å². The molecule has 0 unspecified atom stereocenters. The van der Waals surface area contributed by atoms with Gasteiger partial charge < -0.3 is 15.5 Å². The molecule has 3 N–H and O–H groups in total. The van der Waals surface area contributed by atoms with E-state index in [1.807, 2.05) is 24.3 Å². The van der Waals surface area contributed by atoms with Crippen molar-refractivity contribution >= 4 is 11.5 Å². The molecule has 7 nitrogen and oxygen atoms in total. The van der Waals surface area contributed by atoms with Crippen LogP contribution in [0.25, 0.3) is 17.0 Å². The third-order valence-electron chi connectivity index (χ3n) is 5.27. The van der Waals surface area contributed by atoms with Crippen LogP contribution >= 0.6 is 0 Å². The second kappa shape index (κ2) is 6.83. The molecule has 0 bridgehead atoms. The highest BCUT2D eigenvalue weighted by Crippen LogP contribution is 2.29. The Morgan fingerprint density at radius 3 is 2.61 bits per heavy atom. The molecule has 0 spiro atoms. The molecule has 0 amide bonds. The molecule has 4 rings (SSSR count). The highest BCUT2D eigenvalue weighted by molar-refractivity contribution is 5.62. The van der Waals surface area contributed by atoms with Crippen LogP contribution in [-0.4, -0.2) is 48.0 Å². The van der Waals surface area contributed by atoms with Crippen molar-refractivity contribution in [2.24, 2.45) is 5.92 Å². The molecular weight excluding hydrogens is 354 g/mol. The number of anilines is 1. The number of hydrogen-bond donors (Lipinski definition) is 3. The fraction of sp³-hybridized carbons (Fsp3) is 0.429. The average Bonchev–Trinajstić information content (AvgIpc) is 3.19. The van der Waals surface area contributed by atoms with E-state index in [4.69, 9.17) is 4.98 Å². The quantitative estimate of drug-likeness (QED) is 0.646. The molecule has 147 valence electrons. The maximum absolute atomic E-state index is 10.2. The minimum atomic E-state index is -0.870. The lowest BCUT2D eigenvalue weighted by atomic mass is 9.91. The summed E-state index contributed by atoms with van der Waals surface area (Å²) < 4.78 is 1.70. The van der Waals surface area contributed by atoms with Gasteiger partial charge in [0.1, 0.15) is 17.6 Å². The lowest BCUT2D eigenvalue weighted by Gasteiger charge is -2.19. The number of rotatable bonds is 3. The SMILES string of the molecule is [CH2][C@@H]1C[C@@H](Nc2ccnc3cc(-c4cccc(C(C)(C)C)n4)nn23)[C@H](O)[C@@H]1O. The van der Waals surface area contributed by atoms with Crippen LogP contribution in [0.3, 0.4) is 0 Å². The number of aliphatic hydroxyl groups is 2. The molecular formula is C21H26N5O2. The number of hydrogen-bond acceptors (Lipinski definition) is 6. The maximum atomic E-state index is 10.2. The van der Waals surface area contributed by atoms with Gasteiger partial charge in [0.25, 0.3) is 0 Å². The van der Waals surface area contributed by atoms with Crippen LogP contribution in [0.2, 0.25) is 0 Å². The number of nitrogens with zero attached hydrogens (tertiary/aromatic N) is 4. The highest BCUT2D eigenvalue weighted by atomic mass is 16.3. The van der Waals surface area contributed by atoms with Gasteiger partial charge >= 0.3 is 0 Å². The Hall–Kier alpha value is -2.51. The lowest BCUT2D eigenvalue weighted by Crippen LogP contribution is -2.35. The predicted octanol–water partition coefficient (Wildman–Crippen LogP) is 2.45. The van der Waals surface area contributed by atoms with Crippen molar-refractivity contribution in [2.75, 3.05) is 5.32 Å². The van der Waals surface area contributed by atoms with E-state index in [9.17, 15) is 10.2 Å². The summed E-state index contributed by atoms with van der Waals surface area (Å²) in [6, 6.07) is 9.35.